The highest BCUT2D eigenvalue weighted by molar-refractivity contribution is 8.00. The van der Waals surface area contributed by atoms with Crippen molar-refractivity contribution in [1.82, 2.24) is 0 Å². The van der Waals surface area contributed by atoms with E-state index in [9.17, 15) is 9.59 Å². The number of amides is 2. The maximum Gasteiger partial charge on any atom is 0.255 e. The van der Waals surface area contributed by atoms with E-state index in [1.165, 1.54) is 11.8 Å². The van der Waals surface area contributed by atoms with Gasteiger partial charge in [0.25, 0.3) is 5.91 Å². The van der Waals surface area contributed by atoms with Crippen LogP contribution in [0.4, 0.5) is 11.4 Å². The Bertz CT molecular complexity index is 1060. The van der Waals surface area contributed by atoms with Crippen molar-refractivity contribution in [1.29, 1.82) is 0 Å². The molecule has 2 amide bonds. The van der Waals surface area contributed by atoms with Crippen LogP contribution in [0.5, 0.6) is 11.5 Å². The van der Waals surface area contributed by atoms with Crippen LogP contribution < -0.4 is 20.1 Å². The van der Waals surface area contributed by atoms with Gasteiger partial charge in [0.2, 0.25) is 5.91 Å². The second-order valence-electron chi connectivity index (χ2n) is 7.20. The van der Waals surface area contributed by atoms with Gasteiger partial charge in [-0.1, -0.05) is 17.7 Å². The third kappa shape index (κ3) is 6.28. The minimum atomic E-state index is -0.333. The average Bonchev–Trinajstić information content (AvgIpc) is 2.80. The van der Waals surface area contributed by atoms with E-state index in [2.05, 4.69) is 10.6 Å². The first-order chi connectivity index (χ1) is 15.4. The monoisotopic (exact) mass is 450 g/mol. The Labute approximate surface area is 192 Å². The van der Waals surface area contributed by atoms with Gasteiger partial charge in [-0.3, -0.25) is 9.59 Å². The number of benzene rings is 3. The van der Waals surface area contributed by atoms with Crippen LogP contribution in [0, 0.1) is 6.92 Å². The second-order valence-corrected chi connectivity index (χ2v) is 8.61. The minimum absolute atomic E-state index is 0.137. The van der Waals surface area contributed by atoms with Crippen LogP contribution in [0.1, 0.15) is 22.8 Å². The predicted molar refractivity (Wildman–Crippen MR) is 129 cm³/mol. The minimum Gasteiger partial charge on any atom is -0.497 e. The molecule has 0 radical (unpaired) electrons. The van der Waals surface area contributed by atoms with E-state index in [0.29, 0.717) is 28.4 Å². The van der Waals surface area contributed by atoms with Gasteiger partial charge in [0.15, 0.2) is 0 Å². The highest BCUT2D eigenvalue weighted by Gasteiger charge is 2.16. The summed E-state index contributed by atoms with van der Waals surface area (Å²) in [5.74, 6) is 0.903. The molecule has 0 aliphatic rings. The molecule has 0 spiro atoms. The Morgan fingerprint density at radius 3 is 1.97 bits per heavy atom. The molecule has 0 bridgehead atoms. The fourth-order valence-corrected chi connectivity index (χ4v) is 3.77. The number of anilines is 2. The molecule has 7 heteroatoms. The van der Waals surface area contributed by atoms with E-state index in [1.54, 1.807) is 44.6 Å². The van der Waals surface area contributed by atoms with Crippen LogP contribution in [-0.4, -0.2) is 31.3 Å². The fourth-order valence-electron chi connectivity index (χ4n) is 2.91. The van der Waals surface area contributed by atoms with Gasteiger partial charge in [-0.05, 0) is 50.2 Å². The summed E-state index contributed by atoms with van der Waals surface area (Å²) in [6.07, 6.45) is 0. The van der Waals surface area contributed by atoms with Crippen molar-refractivity contribution in [3.63, 3.8) is 0 Å². The summed E-state index contributed by atoms with van der Waals surface area (Å²) in [7, 11) is 3.12. The molecule has 6 nitrogen and oxygen atoms in total. The van der Waals surface area contributed by atoms with Gasteiger partial charge in [-0.25, -0.2) is 0 Å². The smallest absolute Gasteiger partial charge is 0.255 e. The summed E-state index contributed by atoms with van der Waals surface area (Å²) in [6, 6.07) is 20.0. The Balaban J connectivity index is 1.58. The van der Waals surface area contributed by atoms with E-state index >= 15 is 0 Å². The predicted octanol–water partition coefficient (Wildman–Crippen LogP) is 5.38. The molecule has 0 aliphatic heterocycles. The van der Waals surface area contributed by atoms with Crippen molar-refractivity contribution in [3.05, 3.63) is 77.9 Å². The Hall–Kier alpha value is -3.45. The van der Waals surface area contributed by atoms with Crippen molar-refractivity contribution in [2.45, 2.75) is 24.0 Å². The molecule has 3 aromatic carbocycles. The van der Waals surface area contributed by atoms with Gasteiger partial charge in [-0.15, -0.1) is 11.8 Å². The largest absolute Gasteiger partial charge is 0.497 e. The molecule has 2 N–H and O–H groups in total. The van der Waals surface area contributed by atoms with E-state index in [0.717, 1.165) is 10.5 Å². The SMILES string of the molecule is COc1cc(NC(=O)C(C)Sc2ccc(NC(=O)c3ccc(C)cc3)cc2)cc(OC)c1. The summed E-state index contributed by atoms with van der Waals surface area (Å²) in [5, 5.41) is 5.45. The lowest BCUT2D eigenvalue weighted by molar-refractivity contribution is -0.115. The van der Waals surface area contributed by atoms with Crippen LogP contribution in [0.3, 0.4) is 0 Å². The van der Waals surface area contributed by atoms with Gasteiger partial charge >= 0.3 is 0 Å². The number of nitrogens with one attached hydrogen (secondary N) is 2. The van der Waals surface area contributed by atoms with E-state index < -0.39 is 0 Å². The lowest BCUT2D eigenvalue weighted by atomic mass is 10.1. The van der Waals surface area contributed by atoms with Crippen molar-refractivity contribution >= 4 is 35.0 Å². The topological polar surface area (TPSA) is 76.7 Å². The van der Waals surface area contributed by atoms with Crippen LogP contribution in [0.25, 0.3) is 0 Å². The summed E-state index contributed by atoms with van der Waals surface area (Å²) in [4.78, 5) is 25.9. The first-order valence-electron chi connectivity index (χ1n) is 10.1. The third-order valence-electron chi connectivity index (χ3n) is 4.73. The number of methoxy groups -OCH3 is 2. The molecule has 0 saturated heterocycles. The Kier molecular flexibility index (Phi) is 7.78. The van der Waals surface area contributed by atoms with E-state index in [4.69, 9.17) is 9.47 Å². The molecule has 1 unspecified atom stereocenters. The van der Waals surface area contributed by atoms with E-state index in [-0.39, 0.29) is 17.1 Å². The first-order valence-corrected chi connectivity index (χ1v) is 10.9. The maximum atomic E-state index is 12.6. The summed E-state index contributed by atoms with van der Waals surface area (Å²) in [5.41, 5.74) is 3.01. The normalized spacial score (nSPS) is 11.4. The van der Waals surface area contributed by atoms with Crippen LogP contribution >= 0.6 is 11.8 Å². The second kappa shape index (κ2) is 10.7. The van der Waals surface area contributed by atoms with Crippen molar-refractivity contribution < 1.29 is 19.1 Å². The van der Waals surface area contributed by atoms with Crippen LogP contribution in [-0.2, 0) is 4.79 Å². The third-order valence-corrected chi connectivity index (χ3v) is 5.84. The number of rotatable bonds is 8. The molecule has 3 rings (SSSR count). The quantitative estimate of drug-likeness (QED) is 0.451. The maximum absolute atomic E-state index is 12.6. The summed E-state index contributed by atoms with van der Waals surface area (Å²) >= 11 is 1.43. The Morgan fingerprint density at radius 1 is 0.812 bits per heavy atom. The Morgan fingerprint density at radius 2 is 1.41 bits per heavy atom. The number of carbonyl (C=O) groups is 2. The molecular formula is C25H26N2O4S. The summed E-state index contributed by atoms with van der Waals surface area (Å²) in [6.45, 7) is 3.82. The van der Waals surface area contributed by atoms with Crippen LogP contribution in [0.2, 0.25) is 0 Å². The van der Waals surface area contributed by atoms with Crippen molar-refractivity contribution in [3.8, 4) is 11.5 Å². The zero-order valence-electron chi connectivity index (χ0n) is 18.5. The first kappa shape index (κ1) is 23.2. The molecule has 0 aliphatic carbocycles. The highest BCUT2D eigenvalue weighted by Crippen LogP contribution is 2.28. The van der Waals surface area contributed by atoms with Gasteiger partial charge in [0.05, 0.1) is 19.5 Å². The number of carbonyl (C=O) groups excluding carboxylic acids is 2. The average molecular weight is 451 g/mol. The fraction of sp³-hybridized carbons (Fsp3) is 0.200. The number of thioether (sulfide) groups is 1. The molecule has 3 aromatic rings. The summed E-state index contributed by atoms with van der Waals surface area (Å²) < 4.78 is 10.5. The molecule has 32 heavy (non-hydrogen) atoms. The molecule has 166 valence electrons. The number of aryl methyl sites for hydroxylation is 1. The molecule has 0 saturated carbocycles. The number of hydrogen-bond donors (Lipinski definition) is 2. The molecule has 0 heterocycles. The standard InChI is InChI=1S/C25H26N2O4S/c1-16-5-7-18(8-6-16)25(29)26-19-9-11-23(12-10-19)32-17(2)24(28)27-20-13-21(30-3)15-22(14-20)31-4/h5-15,17H,1-4H3,(H,26,29)(H,27,28). The number of hydrogen-bond acceptors (Lipinski definition) is 5. The number of ether oxygens (including phenoxy) is 2. The molecule has 0 aromatic heterocycles. The van der Waals surface area contributed by atoms with Crippen molar-refractivity contribution in [2.24, 2.45) is 0 Å². The van der Waals surface area contributed by atoms with Gasteiger partial charge in [0.1, 0.15) is 11.5 Å². The van der Waals surface area contributed by atoms with Crippen LogP contribution in [0.15, 0.2) is 71.6 Å². The molecular weight excluding hydrogens is 424 g/mol. The highest BCUT2D eigenvalue weighted by atomic mass is 32.2. The van der Waals surface area contributed by atoms with E-state index in [1.807, 2.05) is 50.2 Å². The van der Waals surface area contributed by atoms with Gasteiger partial charge < -0.3 is 20.1 Å². The lowest BCUT2D eigenvalue weighted by Gasteiger charge is -2.14. The molecule has 0 fully saturated rings. The zero-order chi connectivity index (χ0) is 23.1. The zero-order valence-corrected chi connectivity index (χ0v) is 19.3. The lowest BCUT2D eigenvalue weighted by Crippen LogP contribution is -2.22. The van der Waals surface area contributed by atoms with Gasteiger partial charge in [0, 0.05) is 40.0 Å². The molecule has 1 atom stereocenters. The van der Waals surface area contributed by atoms with Gasteiger partial charge in [-0.2, -0.15) is 0 Å². The van der Waals surface area contributed by atoms with Crippen molar-refractivity contribution in [2.75, 3.05) is 24.9 Å².